The van der Waals surface area contributed by atoms with E-state index in [0.717, 1.165) is 27.6 Å². The number of rotatable bonds is 5. The van der Waals surface area contributed by atoms with Crippen LogP contribution in [0.3, 0.4) is 0 Å². The molecule has 0 fully saturated rings. The van der Waals surface area contributed by atoms with E-state index in [1.807, 2.05) is 61.5 Å². The Hall–Kier alpha value is -4.00. The lowest BCUT2D eigenvalue weighted by atomic mass is 10.1. The topological polar surface area (TPSA) is 88.3 Å². The number of hydrogen-bond acceptors (Lipinski definition) is 5. The van der Waals surface area contributed by atoms with E-state index in [4.69, 9.17) is 4.52 Å². The molecule has 4 aromatic rings. The first-order valence-electron chi connectivity index (χ1n) is 9.60. The van der Waals surface area contributed by atoms with E-state index >= 15 is 0 Å². The molecule has 0 saturated carbocycles. The molecule has 1 aliphatic rings. The fourth-order valence-electron chi connectivity index (χ4n) is 3.66. The molecule has 1 aromatic heterocycles. The Morgan fingerprint density at radius 1 is 1.07 bits per heavy atom. The molecular weight excluding hydrogens is 380 g/mol. The number of nitrogens with one attached hydrogen (secondary N) is 1. The summed E-state index contributed by atoms with van der Waals surface area (Å²) < 4.78 is 5.23. The first-order valence-corrected chi connectivity index (χ1v) is 9.60. The third-order valence-electron chi connectivity index (χ3n) is 5.17. The summed E-state index contributed by atoms with van der Waals surface area (Å²) in [5.74, 6) is 0.299. The second kappa shape index (κ2) is 7.11. The van der Waals surface area contributed by atoms with E-state index in [0.29, 0.717) is 17.3 Å². The van der Waals surface area contributed by atoms with Gasteiger partial charge in [0.2, 0.25) is 17.6 Å². The van der Waals surface area contributed by atoms with Crippen molar-refractivity contribution in [3.8, 4) is 11.4 Å². The molecule has 2 heterocycles. The van der Waals surface area contributed by atoms with Crippen LogP contribution in [0.1, 0.15) is 21.8 Å². The molecule has 148 valence electrons. The van der Waals surface area contributed by atoms with Gasteiger partial charge in [0.25, 0.3) is 5.91 Å². The van der Waals surface area contributed by atoms with Gasteiger partial charge in [-0.3, -0.25) is 14.5 Å². The molecule has 0 bridgehead atoms. The standard InChI is InChI=1S/C23H18N4O3/c1-14-8-10-16(11-9-14)22-25-20(30-26-22)12-24-19(28)13-27-18-7-3-5-15-4-2-6-17(21(15)18)23(27)29/h2-11H,12-13H2,1H3,(H,24,28). The van der Waals surface area contributed by atoms with Crippen molar-refractivity contribution in [3.05, 3.63) is 77.7 Å². The molecule has 2 amide bonds. The summed E-state index contributed by atoms with van der Waals surface area (Å²) in [7, 11) is 0. The average molecular weight is 398 g/mol. The van der Waals surface area contributed by atoms with Crippen molar-refractivity contribution in [2.45, 2.75) is 13.5 Å². The van der Waals surface area contributed by atoms with E-state index in [2.05, 4.69) is 15.5 Å². The SMILES string of the molecule is Cc1ccc(-c2noc(CNC(=O)CN3C(=O)c4cccc5cccc3c45)n2)cc1. The number of benzene rings is 3. The Labute approximate surface area is 172 Å². The highest BCUT2D eigenvalue weighted by Crippen LogP contribution is 2.36. The van der Waals surface area contributed by atoms with Gasteiger partial charge in [0.05, 0.1) is 12.2 Å². The predicted molar refractivity (Wildman–Crippen MR) is 112 cm³/mol. The Morgan fingerprint density at radius 2 is 1.83 bits per heavy atom. The minimum Gasteiger partial charge on any atom is -0.345 e. The molecule has 3 aromatic carbocycles. The smallest absolute Gasteiger partial charge is 0.259 e. The number of anilines is 1. The quantitative estimate of drug-likeness (QED) is 0.556. The fraction of sp³-hybridized carbons (Fsp3) is 0.130. The number of amides is 2. The maximum absolute atomic E-state index is 12.8. The normalized spacial score (nSPS) is 12.6. The number of aryl methyl sites for hydroxylation is 1. The lowest BCUT2D eigenvalue weighted by Gasteiger charge is -2.16. The van der Waals surface area contributed by atoms with Crippen molar-refractivity contribution in [3.63, 3.8) is 0 Å². The highest BCUT2D eigenvalue weighted by atomic mass is 16.5. The monoisotopic (exact) mass is 398 g/mol. The number of hydrogen-bond donors (Lipinski definition) is 1. The van der Waals surface area contributed by atoms with E-state index in [1.54, 1.807) is 6.07 Å². The molecule has 0 unspecified atom stereocenters. The van der Waals surface area contributed by atoms with Crippen LogP contribution in [0.25, 0.3) is 22.2 Å². The van der Waals surface area contributed by atoms with Crippen molar-refractivity contribution in [2.75, 3.05) is 11.4 Å². The van der Waals surface area contributed by atoms with Crippen LogP contribution in [0.5, 0.6) is 0 Å². The van der Waals surface area contributed by atoms with Crippen molar-refractivity contribution in [1.29, 1.82) is 0 Å². The highest BCUT2D eigenvalue weighted by Gasteiger charge is 2.30. The van der Waals surface area contributed by atoms with Gasteiger partial charge in [0.15, 0.2) is 0 Å². The van der Waals surface area contributed by atoms with Crippen LogP contribution in [-0.2, 0) is 11.3 Å². The summed E-state index contributed by atoms with van der Waals surface area (Å²) in [4.78, 5) is 31.1. The summed E-state index contributed by atoms with van der Waals surface area (Å²) in [6.07, 6.45) is 0. The van der Waals surface area contributed by atoms with Crippen molar-refractivity contribution in [2.24, 2.45) is 0 Å². The first-order chi connectivity index (χ1) is 14.6. The molecule has 0 spiro atoms. The largest absolute Gasteiger partial charge is 0.345 e. The third-order valence-corrected chi connectivity index (χ3v) is 5.17. The maximum Gasteiger partial charge on any atom is 0.259 e. The van der Waals surface area contributed by atoms with Crippen LogP contribution < -0.4 is 10.2 Å². The predicted octanol–water partition coefficient (Wildman–Crippen LogP) is 3.47. The van der Waals surface area contributed by atoms with Crippen LogP contribution in [0.15, 0.2) is 65.2 Å². The molecule has 30 heavy (non-hydrogen) atoms. The maximum atomic E-state index is 12.8. The highest BCUT2D eigenvalue weighted by molar-refractivity contribution is 6.26. The van der Waals surface area contributed by atoms with E-state index in [9.17, 15) is 9.59 Å². The molecule has 0 saturated heterocycles. The Bertz CT molecular complexity index is 1270. The lowest BCUT2D eigenvalue weighted by molar-refractivity contribution is -0.120. The van der Waals surface area contributed by atoms with Crippen LogP contribution in [0.4, 0.5) is 5.69 Å². The number of carbonyl (C=O) groups excluding carboxylic acids is 2. The fourth-order valence-corrected chi connectivity index (χ4v) is 3.66. The summed E-state index contributed by atoms with van der Waals surface area (Å²) in [6.45, 7) is 2.02. The lowest BCUT2D eigenvalue weighted by Crippen LogP contribution is -2.38. The molecule has 1 N–H and O–H groups in total. The van der Waals surface area contributed by atoms with Gasteiger partial charge in [-0.2, -0.15) is 4.98 Å². The Morgan fingerprint density at radius 3 is 2.63 bits per heavy atom. The Kier molecular flexibility index (Phi) is 4.28. The second-order valence-corrected chi connectivity index (χ2v) is 7.23. The first kappa shape index (κ1) is 18.1. The van der Waals surface area contributed by atoms with Crippen molar-refractivity contribution < 1.29 is 14.1 Å². The summed E-state index contributed by atoms with van der Waals surface area (Å²) in [5, 5.41) is 8.58. The van der Waals surface area contributed by atoms with Gasteiger partial charge in [-0.15, -0.1) is 0 Å². The van der Waals surface area contributed by atoms with Crippen LogP contribution in [-0.4, -0.2) is 28.5 Å². The average Bonchev–Trinajstić information content (AvgIpc) is 3.34. The number of nitrogens with zero attached hydrogens (tertiary/aromatic N) is 3. The van der Waals surface area contributed by atoms with Crippen LogP contribution >= 0.6 is 0 Å². The molecular formula is C23H18N4O3. The van der Waals surface area contributed by atoms with Crippen LogP contribution in [0.2, 0.25) is 0 Å². The molecule has 1 aliphatic heterocycles. The van der Waals surface area contributed by atoms with E-state index in [1.165, 1.54) is 4.90 Å². The molecule has 5 rings (SSSR count). The van der Waals surface area contributed by atoms with Crippen LogP contribution in [0, 0.1) is 6.92 Å². The second-order valence-electron chi connectivity index (χ2n) is 7.23. The molecule has 0 atom stereocenters. The van der Waals surface area contributed by atoms with E-state index < -0.39 is 0 Å². The minimum absolute atomic E-state index is 0.0778. The van der Waals surface area contributed by atoms with Gasteiger partial charge in [-0.1, -0.05) is 59.3 Å². The van der Waals surface area contributed by atoms with Gasteiger partial charge in [-0.05, 0) is 24.4 Å². The van der Waals surface area contributed by atoms with Gasteiger partial charge < -0.3 is 9.84 Å². The summed E-state index contributed by atoms with van der Waals surface area (Å²) in [6, 6.07) is 19.1. The third kappa shape index (κ3) is 3.10. The zero-order chi connectivity index (χ0) is 20.7. The summed E-state index contributed by atoms with van der Waals surface area (Å²) >= 11 is 0. The van der Waals surface area contributed by atoms with Gasteiger partial charge in [-0.25, -0.2) is 0 Å². The van der Waals surface area contributed by atoms with Gasteiger partial charge in [0.1, 0.15) is 6.54 Å². The molecule has 0 radical (unpaired) electrons. The molecule has 0 aliphatic carbocycles. The summed E-state index contributed by atoms with van der Waals surface area (Å²) in [5.41, 5.74) is 3.36. The van der Waals surface area contributed by atoms with Gasteiger partial charge in [0, 0.05) is 16.5 Å². The minimum atomic E-state index is -0.303. The zero-order valence-electron chi connectivity index (χ0n) is 16.3. The van der Waals surface area contributed by atoms with Crippen molar-refractivity contribution >= 4 is 28.3 Å². The molecule has 7 nitrogen and oxygen atoms in total. The van der Waals surface area contributed by atoms with Crippen molar-refractivity contribution in [1.82, 2.24) is 15.5 Å². The van der Waals surface area contributed by atoms with Gasteiger partial charge >= 0.3 is 0 Å². The van der Waals surface area contributed by atoms with E-state index in [-0.39, 0.29) is 24.9 Å². The molecule has 7 heteroatoms. The zero-order valence-corrected chi connectivity index (χ0v) is 16.3. The number of aromatic nitrogens is 2. The number of carbonyl (C=O) groups is 2. The Balaban J connectivity index is 1.26.